The SMILES string of the molecule is COC(=O)c1c(NC(=O)COC(=O)c2ccc3nc(-c4ccc(C)cc4)[nH]c3c2)sc2c1CCC(C(C)(C)C)C2. The zero-order valence-electron chi connectivity index (χ0n) is 23.3. The van der Waals surface area contributed by atoms with Crippen LogP contribution in [-0.4, -0.2) is 41.5 Å². The number of nitrogens with one attached hydrogen (secondary N) is 2. The van der Waals surface area contributed by atoms with Gasteiger partial charge in [0.15, 0.2) is 6.61 Å². The van der Waals surface area contributed by atoms with Crippen LogP contribution >= 0.6 is 11.3 Å². The monoisotopic (exact) mass is 559 g/mol. The molecule has 2 N–H and O–H groups in total. The molecule has 1 amide bonds. The molecule has 1 aliphatic rings. The van der Waals surface area contributed by atoms with E-state index in [4.69, 9.17) is 9.47 Å². The summed E-state index contributed by atoms with van der Waals surface area (Å²) in [6.45, 7) is 8.21. The van der Waals surface area contributed by atoms with Crippen LogP contribution < -0.4 is 5.32 Å². The highest BCUT2D eigenvalue weighted by atomic mass is 32.1. The Labute approximate surface area is 237 Å². The molecule has 5 rings (SSSR count). The van der Waals surface area contributed by atoms with Crippen molar-refractivity contribution < 1.29 is 23.9 Å². The van der Waals surface area contributed by atoms with Gasteiger partial charge >= 0.3 is 11.9 Å². The van der Waals surface area contributed by atoms with Crippen molar-refractivity contribution in [1.82, 2.24) is 9.97 Å². The van der Waals surface area contributed by atoms with Crippen LogP contribution in [0.15, 0.2) is 42.5 Å². The summed E-state index contributed by atoms with van der Waals surface area (Å²) in [5.41, 5.74) is 5.30. The number of thiophene rings is 1. The first-order chi connectivity index (χ1) is 19.0. The lowest BCUT2D eigenvalue weighted by atomic mass is 9.72. The Morgan fingerprint density at radius 1 is 1.10 bits per heavy atom. The van der Waals surface area contributed by atoms with Crippen LogP contribution in [0.3, 0.4) is 0 Å². The van der Waals surface area contributed by atoms with E-state index < -0.39 is 24.5 Å². The van der Waals surface area contributed by atoms with Gasteiger partial charge in [0.05, 0.1) is 29.3 Å². The van der Waals surface area contributed by atoms with E-state index in [1.807, 2.05) is 31.2 Å². The van der Waals surface area contributed by atoms with Gasteiger partial charge in [-0.2, -0.15) is 0 Å². The van der Waals surface area contributed by atoms with Crippen molar-refractivity contribution in [1.29, 1.82) is 0 Å². The van der Waals surface area contributed by atoms with Crippen molar-refractivity contribution in [3.63, 3.8) is 0 Å². The Balaban J connectivity index is 1.26. The molecule has 0 fully saturated rings. The zero-order valence-corrected chi connectivity index (χ0v) is 24.2. The number of nitrogens with zero attached hydrogens (tertiary/aromatic N) is 1. The molecule has 9 heteroatoms. The molecule has 0 radical (unpaired) electrons. The Morgan fingerprint density at radius 2 is 1.85 bits per heavy atom. The number of carbonyl (C=O) groups excluding carboxylic acids is 3. The predicted molar refractivity (Wildman–Crippen MR) is 156 cm³/mol. The molecule has 0 bridgehead atoms. The standard InChI is InChI=1S/C31H33N3O5S/c1-17-6-8-18(9-7-17)27-32-22-13-10-19(14-23(22)33-27)29(36)39-16-25(35)34-28-26(30(37)38-5)21-12-11-20(31(2,3)4)15-24(21)40-28/h6-10,13-14,20H,11-12,15-16H2,1-5H3,(H,32,33)(H,34,35). The molecule has 0 saturated heterocycles. The van der Waals surface area contributed by atoms with E-state index in [2.05, 4.69) is 36.1 Å². The van der Waals surface area contributed by atoms with Gasteiger partial charge in [0.25, 0.3) is 5.91 Å². The van der Waals surface area contributed by atoms with E-state index in [0.29, 0.717) is 33.4 Å². The number of aryl methyl sites for hydroxylation is 1. The number of aromatic nitrogens is 2. The minimum absolute atomic E-state index is 0.145. The maximum absolute atomic E-state index is 12.8. The molecule has 2 aromatic heterocycles. The number of hydrogen-bond acceptors (Lipinski definition) is 7. The summed E-state index contributed by atoms with van der Waals surface area (Å²) in [6.07, 6.45) is 2.57. The predicted octanol–water partition coefficient (Wildman–Crippen LogP) is 6.33. The second-order valence-corrected chi connectivity index (χ2v) is 12.4. The molecule has 0 aliphatic heterocycles. The lowest BCUT2D eigenvalue weighted by Crippen LogP contribution is -2.26. The molecule has 40 heavy (non-hydrogen) atoms. The average molecular weight is 560 g/mol. The Hall–Kier alpha value is -3.98. The van der Waals surface area contributed by atoms with Crippen LogP contribution in [0.2, 0.25) is 0 Å². The van der Waals surface area contributed by atoms with Crippen molar-refractivity contribution in [2.45, 2.75) is 47.0 Å². The Morgan fingerprint density at radius 3 is 2.55 bits per heavy atom. The van der Waals surface area contributed by atoms with Crippen LogP contribution in [0.25, 0.3) is 22.4 Å². The van der Waals surface area contributed by atoms with Gasteiger partial charge in [-0.25, -0.2) is 14.6 Å². The van der Waals surface area contributed by atoms with Crippen LogP contribution in [0, 0.1) is 18.3 Å². The average Bonchev–Trinajstić information content (AvgIpc) is 3.51. The first kappa shape index (κ1) is 27.6. The van der Waals surface area contributed by atoms with Gasteiger partial charge < -0.3 is 19.8 Å². The molecular weight excluding hydrogens is 526 g/mol. The molecule has 8 nitrogen and oxygen atoms in total. The number of fused-ring (bicyclic) bond motifs is 2. The number of ether oxygens (including phenoxy) is 2. The van der Waals surface area contributed by atoms with Crippen LogP contribution in [0.4, 0.5) is 5.00 Å². The number of benzene rings is 2. The maximum Gasteiger partial charge on any atom is 0.341 e. The van der Waals surface area contributed by atoms with E-state index in [1.54, 1.807) is 18.2 Å². The van der Waals surface area contributed by atoms with Crippen LogP contribution in [-0.2, 0) is 27.1 Å². The number of methoxy groups -OCH3 is 1. The molecule has 1 unspecified atom stereocenters. The number of H-pyrrole nitrogens is 1. The number of hydrogen-bond donors (Lipinski definition) is 2. The molecule has 4 aromatic rings. The number of imidazole rings is 1. The third kappa shape index (κ3) is 5.65. The van der Waals surface area contributed by atoms with Gasteiger partial charge in [0.1, 0.15) is 10.8 Å². The van der Waals surface area contributed by atoms with Crippen molar-refractivity contribution in [3.05, 3.63) is 69.6 Å². The summed E-state index contributed by atoms with van der Waals surface area (Å²) in [4.78, 5) is 47.1. The van der Waals surface area contributed by atoms with Crippen LogP contribution in [0.5, 0.6) is 0 Å². The molecule has 0 spiro atoms. The number of amides is 1. The second kappa shape index (κ2) is 10.9. The molecule has 2 aromatic carbocycles. The van der Waals surface area contributed by atoms with E-state index in [0.717, 1.165) is 46.3 Å². The van der Waals surface area contributed by atoms with Gasteiger partial charge in [-0.1, -0.05) is 50.6 Å². The summed E-state index contributed by atoms with van der Waals surface area (Å²) in [7, 11) is 1.33. The van der Waals surface area contributed by atoms with E-state index in [9.17, 15) is 14.4 Å². The van der Waals surface area contributed by atoms with E-state index in [1.165, 1.54) is 18.4 Å². The normalized spacial score (nSPS) is 15.0. The Kier molecular flexibility index (Phi) is 7.51. The van der Waals surface area contributed by atoms with Gasteiger partial charge in [0, 0.05) is 10.4 Å². The molecule has 2 heterocycles. The number of aromatic amines is 1. The fourth-order valence-corrected chi connectivity index (χ4v) is 6.42. The minimum atomic E-state index is -0.629. The quantitative estimate of drug-likeness (QED) is 0.267. The highest BCUT2D eigenvalue weighted by Gasteiger charge is 2.34. The topological polar surface area (TPSA) is 110 Å². The fraction of sp³-hybridized carbons (Fsp3) is 0.355. The lowest BCUT2D eigenvalue weighted by Gasteiger charge is -2.33. The molecule has 1 atom stereocenters. The number of esters is 2. The number of carbonyl (C=O) groups is 3. The molecule has 208 valence electrons. The smallest absolute Gasteiger partial charge is 0.341 e. The van der Waals surface area contributed by atoms with E-state index in [-0.39, 0.29) is 5.41 Å². The van der Waals surface area contributed by atoms with Crippen LogP contribution in [0.1, 0.15) is 63.9 Å². The molecule has 1 aliphatic carbocycles. The Bertz CT molecular complexity index is 1590. The summed E-state index contributed by atoms with van der Waals surface area (Å²) in [5.74, 6) is -0.441. The third-order valence-corrected chi connectivity index (χ3v) is 8.68. The first-order valence-corrected chi connectivity index (χ1v) is 14.1. The first-order valence-electron chi connectivity index (χ1n) is 13.3. The number of anilines is 1. The van der Waals surface area contributed by atoms with Crippen molar-refractivity contribution in [2.75, 3.05) is 19.0 Å². The molecular formula is C31H33N3O5S. The van der Waals surface area contributed by atoms with Gasteiger partial charge in [-0.3, -0.25) is 4.79 Å². The largest absolute Gasteiger partial charge is 0.465 e. The summed E-state index contributed by atoms with van der Waals surface area (Å²) in [6, 6.07) is 13.0. The maximum atomic E-state index is 12.8. The zero-order chi connectivity index (χ0) is 28.6. The minimum Gasteiger partial charge on any atom is -0.465 e. The van der Waals surface area contributed by atoms with Gasteiger partial charge in [0.2, 0.25) is 0 Å². The van der Waals surface area contributed by atoms with Crippen molar-refractivity contribution in [3.8, 4) is 11.4 Å². The van der Waals surface area contributed by atoms with Gasteiger partial charge in [-0.15, -0.1) is 11.3 Å². The summed E-state index contributed by atoms with van der Waals surface area (Å²) >= 11 is 1.40. The highest BCUT2D eigenvalue weighted by molar-refractivity contribution is 7.17. The van der Waals surface area contributed by atoms with E-state index >= 15 is 0 Å². The second-order valence-electron chi connectivity index (χ2n) is 11.3. The third-order valence-electron chi connectivity index (χ3n) is 7.51. The summed E-state index contributed by atoms with van der Waals surface area (Å²) < 4.78 is 10.3. The summed E-state index contributed by atoms with van der Waals surface area (Å²) in [5, 5.41) is 3.22. The fourth-order valence-electron chi connectivity index (χ4n) is 5.09. The molecule has 0 saturated carbocycles. The van der Waals surface area contributed by atoms with Gasteiger partial charge in [-0.05, 0) is 61.3 Å². The number of rotatable bonds is 6. The lowest BCUT2D eigenvalue weighted by molar-refractivity contribution is -0.119. The van der Waals surface area contributed by atoms with Crippen molar-refractivity contribution >= 4 is 45.2 Å². The highest BCUT2D eigenvalue weighted by Crippen LogP contribution is 2.44. The van der Waals surface area contributed by atoms with Crippen molar-refractivity contribution in [2.24, 2.45) is 11.3 Å².